The van der Waals surface area contributed by atoms with Crippen LogP contribution in [0.15, 0.2) is 52.0 Å². The lowest BCUT2D eigenvalue weighted by atomic mass is 9.97. The number of alkyl halides is 3. The molecule has 0 saturated carbocycles. The zero-order valence-corrected chi connectivity index (χ0v) is 15.6. The summed E-state index contributed by atoms with van der Waals surface area (Å²) in [6.07, 6.45) is -2.53. The van der Waals surface area contributed by atoms with Crippen molar-refractivity contribution in [2.75, 3.05) is 13.1 Å². The molecule has 2 aromatic rings. The first-order valence-corrected chi connectivity index (χ1v) is 10.1. The van der Waals surface area contributed by atoms with Crippen molar-refractivity contribution in [3.05, 3.63) is 54.0 Å². The monoisotopic (exact) mass is 416 g/mol. The number of rotatable bonds is 5. The second kappa shape index (κ2) is 7.96. The molecule has 0 bridgehead atoms. The molecule has 1 aliphatic heterocycles. The first kappa shape index (κ1) is 20.4. The smallest absolute Gasteiger partial charge is 0.416 e. The Balaban J connectivity index is 1.61. The summed E-state index contributed by atoms with van der Waals surface area (Å²) in [5.74, 6) is 0.0494. The molecule has 3 rings (SSSR count). The first-order valence-electron chi connectivity index (χ1n) is 8.65. The maximum absolute atomic E-state index is 12.9. The van der Waals surface area contributed by atoms with E-state index in [1.165, 1.54) is 6.26 Å². The van der Waals surface area contributed by atoms with Gasteiger partial charge in [0.1, 0.15) is 5.76 Å². The van der Waals surface area contributed by atoms with Gasteiger partial charge >= 0.3 is 6.18 Å². The zero-order valence-electron chi connectivity index (χ0n) is 14.8. The molecule has 1 fully saturated rings. The Morgan fingerprint density at radius 2 is 1.89 bits per heavy atom. The van der Waals surface area contributed by atoms with Gasteiger partial charge in [-0.05, 0) is 43.2 Å². The van der Waals surface area contributed by atoms with E-state index in [9.17, 15) is 26.4 Å². The summed E-state index contributed by atoms with van der Waals surface area (Å²) in [6.45, 7) is 0.378. The Bertz CT molecular complexity index is 919. The minimum absolute atomic E-state index is 0.0669. The van der Waals surface area contributed by atoms with Gasteiger partial charge in [-0.15, -0.1) is 0 Å². The average molecular weight is 416 g/mol. The van der Waals surface area contributed by atoms with E-state index in [4.69, 9.17) is 4.42 Å². The lowest BCUT2D eigenvalue weighted by Crippen LogP contribution is -2.42. The first-order chi connectivity index (χ1) is 13.2. The predicted molar refractivity (Wildman–Crippen MR) is 93.5 cm³/mol. The molecule has 1 saturated heterocycles. The number of benzene rings is 1. The standard InChI is InChI=1S/C18H19F3N2O4S/c19-18(20,21)14-3-1-5-16(11-14)28(25,26)23-8-6-13(7-9-23)17(24)22-12-15-4-2-10-27-15/h1-5,10-11,13H,6-9,12H2,(H,22,24). The van der Waals surface area contributed by atoms with Crippen molar-refractivity contribution in [2.24, 2.45) is 5.92 Å². The van der Waals surface area contributed by atoms with Crippen molar-refractivity contribution in [1.29, 1.82) is 0 Å². The van der Waals surface area contributed by atoms with Gasteiger partial charge in [-0.1, -0.05) is 6.07 Å². The van der Waals surface area contributed by atoms with Crippen LogP contribution in [0, 0.1) is 5.92 Å². The zero-order chi connectivity index (χ0) is 20.4. The number of nitrogens with zero attached hydrogens (tertiary/aromatic N) is 1. The highest BCUT2D eigenvalue weighted by Crippen LogP contribution is 2.32. The number of hydrogen-bond acceptors (Lipinski definition) is 4. The van der Waals surface area contributed by atoms with Gasteiger partial charge < -0.3 is 9.73 Å². The highest BCUT2D eigenvalue weighted by atomic mass is 32.2. The van der Waals surface area contributed by atoms with Gasteiger partial charge in [0.25, 0.3) is 0 Å². The molecular formula is C18H19F3N2O4S. The highest BCUT2D eigenvalue weighted by Gasteiger charge is 2.35. The summed E-state index contributed by atoms with van der Waals surface area (Å²) in [5.41, 5.74) is -1.01. The molecule has 1 N–H and O–H groups in total. The van der Waals surface area contributed by atoms with E-state index in [0.717, 1.165) is 22.5 Å². The molecule has 1 aromatic carbocycles. The van der Waals surface area contributed by atoms with E-state index in [1.807, 2.05) is 0 Å². The molecule has 28 heavy (non-hydrogen) atoms. The number of nitrogens with one attached hydrogen (secondary N) is 1. The topological polar surface area (TPSA) is 79.6 Å². The summed E-state index contributed by atoms with van der Waals surface area (Å²) < 4.78 is 70.2. The number of amides is 1. The molecule has 0 unspecified atom stereocenters. The molecule has 0 atom stereocenters. The number of carbonyl (C=O) groups is 1. The quantitative estimate of drug-likeness (QED) is 0.813. The number of sulfonamides is 1. The van der Waals surface area contributed by atoms with Crippen molar-refractivity contribution in [3.8, 4) is 0 Å². The van der Waals surface area contributed by atoms with Crippen molar-refractivity contribution in [3.63, 3.8) is 0 Å². The second-order valence-corrected chi connectivity index (χ2v) is 8.44. The Morgan fingerprint density at radius 3 is 2.50 bits per heavy atom. The lowest BCUT2D eigenvalue weighted by Gasteiger charge is -2.30. The number of hydrogen-bond donors (Lipinski definition) is 1. The molecule has 152 valence electrons. The van der Waals surface area contributed by atoms with E-state index in [1.54, 1.807) is 12.1 Å². The van der Waals surface area contributed by atoms with Gasteiger partial charge in [-0.25, -0.2) is 8.42 Å². The van der Waals surface area contributed by atoms with Gasteiger partial charge in [0, 0.05) is 19.0 Å². The van der Waals surface area contributed by atoms with Crippen molar-refractivity contribution < 1.29 is 30.8 Å². The highest BCUT2D eigenvalue weighted by molar-refractivity contribution is 7.89. The molecule has 1 amide bonds. The predicted octanol–water partition coefficient (Wildman–Crippen LogP) is 3.02. The number of furan rings is 1. The Hall–Kier alpha value is -2.33. The lowest BCUT2D eigenvalue weighted by molar-refractivity contribution is -0.137. The fourth-order valence-corrected chi connectivity index (χ4v) is 4.59. The fourth-order valence-electron chi connectivity index (χ4n) is 3.07. The van der Waals surface area contributed by atoms with E-state index >= 15 is 0 Å². The number of piperidine rings is 1. The van der Waals surface area contributed by atoms with Crippen LogP contribution in [0.1, 0.15) is 24.2 Å². The van der Waals surface area contributed by atoms with E-state index in [-0.39, 0.29) is 31.5 Å². The Kier molecular flexibility index (Phi) is 5.80. The largest absolute Gasteiger partial charge is 0.467 e. The summed E-state index contributed by atoms with van der Waals surface area (Å²) in [7, 11) is -4.06. The van der Waals surface area contributed by atoms with Crippen LogP contribution in [-0.4, -0.2) is 31.7 Å². The molecule has 2 heterocycles. The molecule has 0 radical (unpaired) electrons. The van der Waals surface area contributed by atoms with Gasteiger partial charge in [-0.2, -0.15) is 17.5 Å². The van der Waals surface area contributed by atoms with E-state index in [0.29, 0.717) is 24.7 Å². The summed E-state index contributed by atoms with van der Waals surface area (Å²) in [6, 6.07) is 7.12. The number of carbonyl (C=O) groups excluding carboxylic acids is 1. The molecule has 10 heteroatoms. The summed E-state index contributed by atoms with van der Waals surface area (Å²) in [4.78, 5) is 11.8. The van der Waals surface area contributed by atoms with Crippen LogP contribution in [0.2, 0.25) is 0 Å². The summed E-state index contributed by atoms with van der Waals surface area (Å²) >= 11 is 0. The third kappa shape index (κ3) is 4.56. The van der Waals surface area contributed by atoms with Gasteiger partial charge in [0.15, 0.2) is 0 Å². The molecule has 6 nitrogen and oxygen atoms in total. The average Bonchev–Trinajstić information content (AvgIpc) is 3.19. The van der Waals surface area contributed by atoms with Crippen LogP contribution in [0.4, 0.5) is 13.2 Å². The van der Waals surface area contributed by atoms with Crippen molar-refractivity contribution in [1.82, 2.24) is 9.62 Å². The van der Waals surface area contributed by atoms with Crippen LogP contribution in [0.5, 0.6) is 0 Å². The third-order valence-corrected chi connectivity index (χ3v) is 6.54. The minimum Gasteiger partial charge on any atom is -0.467 e. The molecular weight excluding hydrogens is 397 g/mol. The van der Waals surface area contributed by atoms with Crippen LogP contribution in [0.25, 0.3) is 0 Å². The van der Waals surface area contributed by atoms with Crippen LogP contribution < -0.4 is 5.32 Å². The van der Waals surface area contributed by atoms with Gasteiger partial charge in [0.2, 0.25) is 15.9 Å². The molecule has 0 aliphatic carbocycles. The van der Waals surface area contributed by atoms with Crippen LogP contribution in [0.3, 0.4) is 0 Å². The Morgan fingerprint density at radius 1 is 1.18 bits per heavy atom. The normalized spacial score (nSPS) is 16.8. The van der Waals surface area contributed by atoms with Crippen molar-refractivity contribution >= 4 is 15.9 Å². The maximum Gasteiger partial charge on any atom is 0.416 e. The second-order valence-electron chi connectivity index (χ2n) is 6.50. The molecule has 1 aliphatic rings. The van der Waals surface area contributed by atoms with Crippen LogP contribution in [-0.2, 0) is 27.5 Å². The van der Waals surface area contributed by atoms with Crippen molar-refractivity contribution in [2.45, 2.75) is 30.5 Å². The maximum atomic E-state index is 12.9. The third-order valence-electron chi connectivity index (χ3n) is 4.64. The summed E-state index contributed by atoms with van der Waals surface area (Å²) in [5, 5.41) is 2.74. The fraction of sp³-hybridized carbons (Fsp3) is 0.389. The minimum atomic E-state index is -4.62. The van der Waals surface area contributed by atoms with Crippen LogP contribution >= 0.6 is 0 Å². The van der Waals surface area contributed by atoms with E-state index < -0.39 is 26.7 Å². The molecule has 1 aromatic heterocycles. The SMILES string of the molecule is O=C(NCc1ccco1)C1CCN(S(=O)(=O)c2cccc(C(F)(F)F)c2)CC1. The van der Waals surface area contributed by atoms with E-state index in [2.05, 4.69) is 5.32 Å². The number of halogens is 3. The van der Waals surface area contributed by atoms with Gasteiger partial charge in [0.05, 0.1) is 23.3 Å². The Labute approximate surface area is 160 Å². The molecule has 0 spiro atoms. The van der Waals surface area contributed by atoms with Gasteiger partial charge in [-0.3, -0.25) is 4.79 Å².